The van der Waals surface area contributed by atoms with Gasteiger partial charge in [0.25, 0.3) is 10.1 Å². The molecule has 0 bridgehead atoms. The Morgan fingerprint density at radius 3 is 2.69 bits per heavy atom. The van der Waals surface area contributed by atoms with Crippen LogP contribution in [0, 0.1) is 0 Å². The normalized spacial score (nSPS) is 11.8. The zero-order valence-corrected chi connectivity index (χ0v) is 17.0. The minimum atomic E-state index is -3.39. The van der Waals surface area contributed by atoms with Crippen LogP contribution in [0.15, 0.2) is 65.3 Å². The third kappa shape index (κ3) is 7.56. The van der Waals surface area contributed by atoms with Gasteiger partial charge < -0.3 is 9.15 Å². The van der Waals surface area contributed by atoms with Crippen LogP contribution in [-0.2, 0) is 27.3 Å². The molecule has 29 heavy (non-hydrogen) atoms. The van der Waals surface area contributed by atoms with Crippen LogP contribution >= 0.6 is 0 Å². The van der Waals surface area contributed by atoms with E-state index in [1.54, 1.807) is 6.26 Å². The second-order valence-electron chi connectivity index (χ2n) is 6.49. The largest absolute Gasteiger partial charge is 0.487 e. The minimum absolute atomic E-state index is 0.169. The monoisotopic (exact) mass is 413 g/mol. The molecule has 1 aromatic heterocycles. The summed E-state index contributed by atoms with van der Waals surface area (Å²) in [6.45, 7) is 0.464. The number of aromatic nitrogens is 1. The molecular weight excluding hydrogens is 390 g/mol. The maximum atomic E-state index is 11.0. The number of ether oxygens (including phenoxy) is 1. The van der Waals surface area contributed by atoms with E-state index in [4.69, 9.17) is 13.3 Å². The number of oxazole rings is 1. The second kappa shape index (κ2) is 10.0. The first-order valence-electron chi connectivity index (χ1n) is 9.22. The highest BCUT2D eigenvalue weighted by molar-refractivity contribution is 7.85. The van der Waals surface area contributed by atoms with E-state index >= 15 is 0 Å². The van der Waals surface area contributed by atoms with Crippen molar-refractivity contribution in [1.29, 1.82) is 0 Å². The molecule has 0 atom stereocenters. The number of aryl methyl sites for hydroxylation is 1. The Bertz CT molecular complexity index is 1040. The maximum absolute atomic E-state index is 11.0. The predicted octanol–water partition coefficient (Wildman–Crippen LogP) is 4.33. The van der Waals surface area contributed by atoms with Crippen molar-refractivity contribution in [3.8, 4) is 5.75 Å². The van der Waals surface area contributed by atoms with E-state index in [1.165, 1.54) is 0 Å². The first kappa shape index (κ1) is 20.8. The fourth-order valence-electron chi connectivity index (χ4n) is 2.63. The van der Waals surface area contributed by atoms with Crippen LogP contribution in [0.4, 0.5) is 0 Å². The lowest BCUT2D eigenvalue weighted by atomic mass is 10.1. The lowest BCUT2D eigenvalue weighted by Gasteiger charge is -2.07. The van der Waals surface area contributed by atoms with Crippen LogP contribution in [0.2, 0.25) is 0 Å². The van der Waals surface area contributed by atoms with Gasteiger partial charge in [-0.15, -0.1) is 0 Å². The van der Waals surface area contributed by atoms with Crippen molar-refractivity contribution in [2.45, 2.75) is 19.4 Å². The molecule has 0 saturated heterocycles. The van der Waals surface area contributed by atoms with Crippen LogP contribution in [0.1, 0.15) is 29.1 Å². The lowest BCUT2D eigenvalue weighted by Crippen LogP contribution is -2.05. The van der Waals surface area contributed by atoms with E-state index in [2.05, 4.69) is 4.98 Å². The maximum Gasteiger partial charge on any atom is 0.264 e. The van der Waals surface area contributed by atoms with Gasteiger partial charge in [0.1, 0.15) is 24.3 Å². The third-order valence-electron chi connectivity index (χ3n) is 3.98. The number of benzene rings is 2. The molecule has 0 saturated carbocycles. The fraction of sp³-hybridized carbons (Fsp3) is 0.227. The summed E-state index contributed by atoms with van der Waals surface area (Å²) < 4.78 is 37.9. The molecule has 0 spiro atoms. The smallest absolute Gasteiger partial charge is 0.264 e. The summed E-state index contributed by atoms with van der Waals surface area (Å²) >= 11 is 0. The molecule has 2 aromatic carbocycles. The molecule has 1 heterocycles. The van der Waals surface area contributed by atoms with E-state index in [-0.39, 0.29) is 6.61 Å². The van der Waals surface area contributed by atoms with Crippen molar-refractivity contribution in [3.63, 3.8) is 0 Å². The van der Waals surface area contributed by atoms with Crippen LogP contribution in [-0.4, -0.2) is 26.3 Å². The van der Waals surface area contributed by atoms with Crippen LogP contribution in [0.25, 0.3) is 12.2 Å². The number of hydrogen-bond donors (Lipinski definition) is 0. The number of hydrogen-bond acceptors (Lipinski definition) is 6. The molecule has 0 N–H and O–H groups in total. The quantitative estimate of drug-likeness (QED) is 0.364. The van der Waals surface area contributed by atoms with E-state index in [9.17, 15) is 8.42 Å². The number of nitrogens with zero attached hydrogens (tertiary/aromatic N) is 1. The van der Waals surface area contributed by atoms with E-state index in [0.29, 0.717) is 31.0 Å². The average molecular weight is 413 g/mol. The molecule has 3 aromatic rings. The Morgan fingerprint density at radius 2 is 1.90 bits per heavy atom. The first-order chi connectivity index (χ1) is 14.0. The number of rotatable bonds is 10. The molecule has 0 unspecified atom stereocenters. The van der Waals surface area contributed by atoms with Crippen molar-refractivity contribution in [3.05, 3.63) is 83.6 Å². The molecule has 0 fully saturated rings. The van der Waals surface area contributed by atoms with E-state index in [0.717, 1.165) is 23.1 Å². The van der Waals surface area contributed by atoms with Crippen LogP contribution in [0.5, 0.6) is 5.75 Å². The summed E-state index contributed by atoms with van der Waals surface area (Å²) in [6, 6.07) is 17.6. The topological polar surface area (TPSA) is 78.6 Å². The molecule has 0 aliphatic heterocycles. The molecule has 0 aliphatic rings. The average Bonchev–Trinajstić information content (AvgIpc) is 3.17. The van der Waals surface area contributed by atoms with Gasteiger partial charge in [0.2, 0.25) is 5.89 Å². The molecule has 0 amide bonds. The van der Waals surface area contributed by atoms with Gasteiger partial charge in [-0.1, -0.05) is 42.5 Å². The Balaban J connectivity index is 1.49. The van der Waals surface area contributed by atoms with Gasteiger partial charge >= 0.3 is 0 Å². The zero-order valence-electron chi connectivity index (χ0n) is 16.2. The Labute approximate surface area is 170 Å². The van der Waals surface area contributed by atoms with Crippen LogP contribution in [0.3, 0.4) is 0 Å². The molecule has 0 aliphatic carbocycles. The Hall–Kier alpha value is -2.90. The van der Waals surface area contributed by atoms with Gasteiger partial charge in [-0.25, -0.2) is 4.98 Å². The standard InChI is InChI=1S/C22H23NO5S/c1-29(24,25)28-14-6-10-19-9-5-11-21(15-19)26-16-20-17-27-22(23-20)13-12-18-7-3-2-4-8-18/h2-5,7-9,11-13,15,17H,6,10,14,16H2,1H3. The second-order valence-corrected chi connectivity index (χ2v) is 8.13. The third-order valence-corrected chi connectivity index (χ3v) is 4.57. The minimum Gasteiger partial charge on any atom is -0.487 e. The van der Waals surface area contributed by atoms with Gasteiger partial charge in [-0.2, -0.15) is 8.42 Å². The van der Waals surface area contributed by atoms with Crippen molar-refractivity contribution < 1.29 is 21.8 Å². The molecule has 0 radical (unpaired) electrons. The van der Waals surface area contributed by atoms with Crippen LogP contribution < -0.4 is 4.74 Å². The first-order valence-corrected chi connectivity index (χ1v) is 11.0. The van der Waals surface area contributed by atoms with Crippen molar-refractivity contribution in [1.82, 2.24) is 4.98 Å². The van der Waals surface area contributed by atoms with Crippen molar-refractivity contribution >= 4 is 22.3 Å². The fourth-order valence-corrected chi connectivity index (χ4v) is 3.05. The molecule has 3 rings (SSSR count). The summed E-state index contributed by atoms with van der Waals surface area (Å²) in [5.41, 5.74) is 2.82. The summed E-state index contributed by atoms with van der Waals surface area (Å²) in [4.78, 5) is 4.39. The molecule has 152 valence electrons. The van der Waals surface area contributed by atoms with E-state index < -0.39 is 10.1 Å². The van der Waals surface area contributed by atoms with E-state index in [1.807, 2.05) is 66.7 Å². The van der Waals surface area contributed by atoms with Gasteiger partial charge in [0, 0.05) is 6.08 Å². The highest BCUT2D eigenvalue weighted by atomic mass is 32.2. The Morgan fingerprint density at radius 1 is 1.07 bits per heavy atom. The predicted molar refractivity (Wildman–Crippen MR) is 112 cm³/mol. The summed E-state index contributed by atoms with van der Waals surface area (Å²) in [5.74, 6) is 1.24. The van der Waals surface area contributed by atoms with Gasteiger partial charge in [-0.3, -0.25) is 4.18 Å². The van der Waals surface area contributed by atoms with Gasteiger partial charge in [0.15, 0.2) is 0 Å². The van der Waals surface area contributed by atoms with Crippen molar-refractivity contribution in [2.24, 2.45) is 0 Å². The van der Waals surface area contributed by atoms with Crippen molar-refractivity contribution in [2.75, 3.05) is 12.9 Å². The summed E-state index contributed by atoms with van der Waals surface area (Å²) in [5, 5.41) is 0. The van der Waals surface area contributed by atoms with Gasteiger partial charge in [0.05, 0.1) is 12.9 Å². The zero-order chi connectivity index (χ0) is 20.5. The molecular formula is C22H23NO5S. The summed E-state index contributed by atoms with van der Waals surface area (Å²) in [7, 11) is -3.39. The Kier molecular flexibility index (Phi) is 7.21. The molecule has 7 heteroatoms. The van der Waals surface area contributed by atoms with Gasteiger partial charge in [-0.05, 0) is 42.2 Å². The highest BCUT2D eigenvalue weighted by Gasteiger charge is 2.05. The molecule has 6 nitrogen and oxygen atoms in total. The summed E-state index contributed by atoms with van der Waals surface area (Å²) in [6.07, 6.45) is 7.69. The lowest BCUT2D eigenvalue weighted by molar-refractivity contribution is 0.300. The SMILES string of the molecule is CS(=O)(=O)OCCCc1cccc(OCc2coc(C=Cc3ccccc3)n2)c1. The highest BCUT2D eigenvalue weighted by Crippen LogP contribution is 2.17.